The molecule has 7 rings (SSSR count). The number of piperidine rings is 2. The minimum absolute atomic E-state index is 0.197. The lowest BCUT2D eigenvalue weighted by Gasteiger charge is -2.32. The van der Waals surface area contributed by atoms with E-state index in [0.717, 1.165) is 29.2 Å². The van der Waals surface area contributed by atoms with Crippen molar-refractivity contribution >= 4 is 61.4 Å². The fourth-order valence-electron chi connectivity index (χ4n) is 6.40. The van der Waals surface area contributed by atoms with E-state index in [-0.39, 0.29) is 24.2 Å². The first-order valence-electron chi connectivity index (χ1n) is 13.5. The Hall–Kier alpha value is -4.29. The summed E-state index contributed by atoms with van der Waals surface area (Å²) in [4.78, 5) is 45.9. The average Bonchev–Trinajstić information content (AvgIpc) is 3.48. The van der Waals surface area contributed by atoms with Crippen molar-refractivity contribution in [3.8, 4) is 0 Å². The predicted molar refractivity (Wildman–Crippen MR) is 150 cm³/mol. The summed E-state index contributed by atoms with van der Waals surface area (Å²) in [6.07, 6.45) is 2.15. The number of oxazole rings is 1. The maximum absolute atomic E-state index is 13.4. The van der Waals surface area contributed by atoms with Crippen molar-refractivity contribution in [2.24, 2.45) is 0 Å². The van der Waals surface area contributed by atoms with Crippen LogP contribution < -0.4 is 15.1 Å². The molecular weight excluding hydrogens is 548 g/mol. The highest BCUT2D eigenvalue weighted by molar-refractivity contribution is 7.85. The Balaban J connectivity index is 1.13. The molecule has 3 aliphatic rings. The summed E-state index contributed by atoms with van der Waals surface area (Å²) < 4.78 is 37.6. The van der Waals surface area contributed by atoms with Crippen LogP contribution >= 0.6 is 0 Å². The molecule has 1 atom stereocenters. The van der Waals surface area contributed by atoms with E-state index < -0.39 is 27.8 Å². The number of rotatable bonds is 5. The van der Waals surface area contributed by atoms with Gasteiger partial charge < -0.3 is 9.32 Å². The number of hydrogen-bond donors (Lipinski definition) is 2. The quantitative estimate of drug-likeness (QED) is 0.270. The molecule has 4 heterocycles. The van der Waals surface area contributed by atoms with Crippen molar-refractivity contribution in [2.75, 3.05) is 22.9 Å². The number of benzene rings is 3. The van der Waals surface area contributed by atoms with Crippen LogP contribution in [-0.2, 0) is 25.5 Å². The maximum Gasteiger partial charge on any atom is 0.298 e. The van der Waals surface area contributed by atoms with Gasteiger partial charge in [0.2, 0.25) is 11.8 Å². The van der Waals surface area contributed by atoms with Gasteiger partial charge in [0.1, 0.15) is 17.3 Å². The van der Waals surface area contributed by atoms with E-state index >= 15 is 0 Å². The third-order valence-corrected chi connectivity index (χ3v) is 8.98. The van der Waals surface area contributed by atoms with E-state index in [2.05, 4.69) is 21.3 Å². The number of hydrogen-bond acceptors (Lipinski definition) is 8. The molecule has 0 spiro atoms. The molecule has 0 bridgehead atoms. The molecule has 2 fully saturated rings. The van der Waals surface area contributed by atoms with Crippen LogP contribution in [0.4, 0.5) is 11.7 Å². The highest BCUT2D eigenvalue weighted by Gasteiger charge is 2.41. The Labute approximate surface area is 234 Å². The van der Waals surface area contributed by atoms with Crippen molar-refractivity contribution in [3.05, 3.63) is 65.2 Å². The zero-order chi connectivity index (χ0) is 28.5. The van der Waals surface area contributed by atoms with Gasteiger partial charge in [0.05, 0.1) is 5.69 Å². The first kappa shape index (κ1) is 25.7. The molecule has 41 heavy (non-hydrogen) atoms. The monoisotopic (exact) mass is 574 g/mol. The van der Waals surface area contributed by atoms with Crippen LogP contribution in [0.2, 0.25) is 0 Å². The Bertz CT molecular complexity index is 1870. The summed E-state index contributed by atoms with van der Waals surface area (Å²) in [7, 11) is -4.15. The van der Waals surface area contributed by atoms with Gasteiger partial charge in [0.25, 0.3) is 22.0 Å². The zero-order valence-electron chi connectivity index (χ0n) is 21.9. The highest BCUT2D eigenvalue weighted by atomic mass is 32.2. The number of nitrogens with one attached hydrogen (secondary N) is 1. The summed E-state index contributed by atoms with van der Waals surface area (Å²) in [6, 6.07) is 14.3. The van der Waals surface area contributed by atoms with Crippen LogP contribution in [0.3, 0.4) is 0 Å². The Morgan fingerprint density at radius 3 is 2.59 bits per heavy atom. The van der Waals surface area contributed by atoms with E-state index in [1.807, 2.05) is 18.2 Å². The summed E-state index contributed by atoms with van der Waals surface area (Å²) in [5.74, 6) is -1.23. The summed E-state index contributed by atoms with van der Waals surface area (Å²) >= 11 is 0. The SMILES string of the molecule is O=C1CCC(N2C(=O)c3cccc4c(C5CCN(c6nc7ccc(CS(=O)(=O)O)cc7o6)CC5)ccc2c34)C(=O)N1. The minimum atomic E-state index is -4.15. The second kappa shape index (κ2) is 9.38. The van der Waals surface area contributed by atoms with Gasteiger partial charge in [0.15, 0.2) is 5.58 Å². The second-order valence-corrected chi connectivity index (χ2v) is 12.3. The number of carbonyl (C=O) groups excluding carboxylic acids is 3. The van der Waals surface area contributed by atoms with Gasteiger partial charge in [0, 0.05) is 30.5 Å². The van der Waals surface area contributed by atoms with E-state index in [1.54, 1.807) is 29.2 Å². The van der Waals surface area contributed by atoms with Crippen molar-refractivity contribution < 1.29 is 31.8 Å². The largest absolute Gasteiger partial charge is 0.423 e. The molecule has 2 N–H and O–H groups in total. The van der Waals surface area contributed by atoms with E-state index in [4.69, 9.17) is 8.97 Å². The fourth-order valence-corrected chi connectivity index (χ4v) is 7.00. The Morgan fingerprint density at radius 1 is 1.02 bits per heavy atom. The topological polar surface area (TPSA) is 150 Å². The van der Waals surface area contributed by atoms with Gasteiger partial charge in [-0.1, -0.05) is 24.3 Å². The summed E-state index contributed by atoms with van der Waals surface area (Å²) in [5, 5.41) is 4.21. The number of aromatic nitrogens is 1. The molecule has 0 saturated carbocycles. The molecule has 210 valence electrons. The normalized spacial score (nSPS) is 19.9. The standard InChI is InChI=1S/C29H26N4O7S/c34-25-9-8-23(27(35)31-25)33-22-7-5-18(19-2-1-3-20(26(19)22)28(33)36)17-10-12-32(13-11-17)29-30-21-6-4-16(14-24(21)40-29)15-41(37,38)39/h1-7,14,17,23H,8-13,15H2,(H,31,34,35)(H,37,38,39). The van der Waals surface area contributed by atoms with Crippen molar-refractivity contribution in [1.82, 2.24) is 10.3 Å². The lowest BCUT2D eigenvalue weighted by molar-refractivity contribution is -0.134. The van der Waals surface area contributed by atoms with E-state index in [0.29, 0.717) is 53.4 Å². The van der Waals surface area contributed by atoms with Gasteiger partial charge in [-0.25, -0.2) is 0 Å². The number of fused-ring (bicyclic) bond motifs is 1. The number of nitrogens with zero attached hydrogens (tertiary/aromatic N) is 3. The van der Waals surface area contributed by atoms with E-state index in [1.165, 1.54) is 0 Å². The van der Waals surface area contributed by atoms with Crippen LogP contribution in [0.25, 0.3) is 21.9 Å². The fraction of sp³-hybridized carbons (Fsp3) is 0.310. The molecule has 1 unspecified atom stereocenters. The lowest BCUT2D eigenvalue weighted by atomic mass is 9.85. The molecule has 1 aromatic heterocycles. The molecule has 3 aromatic carbocycles. The Kier molecular flexibility index (Phi) is 5.87. The van der Waals surface area contributed by atoms with Crippen LogP contribution in [-0.4, -0.2) is 54.8 Å². The van der Waals surface area contributed by atoms with Gasteiger partial charge in [-0.3, -0.25) is 29.2 Å². The van der Waals surface area contributed by atoms with Crippen molar-refractivity contribution in [1.29, 1.82) is 0 Å². The average molecular weight is 575 g/mol. The smallest absolute Gasteiger partial charge is 0.298 e. The number of anilines is 2. The van der Waals surface area contributed by atoms with Gasteiger partial charge in [-0.15, -0.1) is 0 Å². The third kappa shape index (κ3) is 4.43. The van der Waals surface area contributed by atoms with E-state index in [9.17, 15) is 22.8 Å². The molecule has 11 nitrogen and oxygen atoms in total. The van der Waals surface area contributed by atoms with Crippen molar-refractivity contribution in [2.45, 2.75) is 43.4 Å². The molecule has 3 amide bonds. The number of carbonyl (C=O) groups is 3. The lowest BCUT2D eigenvalue weighted by Crippen LogP contribution is -2.53. The molecule has 4 aromatic rings. The Morgan fingerprint density at radius 2 is 1.83 bits per heavy atom. The highest BCUT2D eigenvalue weighted by Crippen LogP contribution is 2.44. The molecule has 0 radical (unpaired) electrons. The van der Waals surface area contributed by atoms with Crippen LogP contribution in [0.15, 0.2) is 52.9 Å². The minimum Gasteiger partial charge on any atom is -0.423 e. The first-order chi connectivity index (χ1) is 19.7. The molecule has 12 heteroatoms. The number of amides is 3. The van der Waals surface area contributed by atoms with Gasteiger partial charge in [-0.05, 0) is 66.0 Å². The van der Waals surface area contributed by atoms with Crippen molar-refractivity contribution in [3.63, 3.8) is 0 Å². The van der Waals surface area contributed by atoms with Crippen LogP contribution in [0, 0.1) is 0 Å². The second-order valence-electron chi connectivity index (χ2n) is 10.8. The first-order valence-corrected chi connectivity index (χ1v) is 15.1. The van der Waals surface area contributed by atoms with Crippen LogP contribution in [0.5, 0.6) is 0 Å². The predicted octanol–water partition coefficient (Wildman–Crippen LogP) is 3.52. The molecule has 2 saturated heterocycles. The number of imide groups is 1. The maximum atomic E-state index is 13.4. The summed E-state index contributed by atoms with van der Waals surface area (Å²) in [6.45, 7) is 1.39. The molecule has 3 aliphatic heterocycles. The summed E-state index contributed by atoms with van der Waals surface area (Å²) in [5.41, 5.74) is 3.91. The zero-order valence-corrected chi connectivity index (χ0v) is 22.7. The third-order valence-electron chi connectivity index (χ3n) is 8.28. The van der Waals surface area contributed by atoms with Gasteiger partial charge >= 0.3 is 0 Å². The van der Waals surface area contributed by atoms with Crippen LogP contribution in [0.1, 0.15) is 53.1 Å². The molecular formula is C29H26N4O7S. The van der Waals surface area contributed by atoms with Gasteiger partial charge in [-0.2, -0.15) is 13.4 Å². The molecule has 0 aliphatic carbocycles.